The van der Waals surface area contributed by atoms with E-state index in [1.807, 2.05) is 44.2 Å². The number of aliphatic hydroxyl groups is 1. The lowest BCUT2D eigenvalue weighted by Gasteiger charge is -2.44. The number of ketones is 1. The van der Waals surface area contributed by atoms with Crippen LogP contribution in [0.3, 0.4) is 0 Å². The molecular weight excluding hydrogens is 596 g/mol. The van der Waals surface area contributed by atoms with Gasteiger partial charge in [-0.05, 0) is 68.3 Å². The third-order valence-electron chi connectivity index (χ3n) is 8.24. The maximum absolute atomic E-state index is 14.2. The number of nitrogens with one attached hydrogen (secondary N) is 2. The van der Waals surface area contributed by atoms with Gasteiger partial charge in [-0.25, -0.2) is 0 Å². The Labute approximate surface area is 274 Å². The Morgan fingerprint density at radius 2 is 1.28 bits per heavy atom. The van der Waals surface area contributed by atoms with Gasteiger partial charge in [-0.3, -0.25) is 14.4 Å². The number of hydrogen-bond donors (Lipinski definition) is 3. The van der Waals surface area contributed by atoms with Gasteiger partial charge < -0.3 is 30.0 Å². The molecule has 0 saturated heterocycles. The lowest BCUT2D eigenvalue weighted by Crippen LogP contribution is -2.56. The lowest BCUT2D eigenvalue weighted by molar-refractivity contribution is -0.150. The van der Waals surface area contributed by atoms with Crippen molar-refractivity contribution in [1.82, 2.24) is 0 Å². The van der Waals surface area contributed by atoms with Gasteiger partial charge in [0.2, 0.25) is 11.8 Å². The molecule has 1 aliphatic carbocycles. The topological polar surface area (TPSA) is 123 Å². The van der Waals surface area contributed by atoms with Gasteiger partial charge >= 0.3 is 0 Å². The molecule has 0 radical (unpaired) electrons. The fourth-order valence-electron chi connectivity index (χ4n) is 6.14. The van der Waals surface area contributed by atoms with E-state index in [0.717, 1.165) is 5.56 Å². The van der Waals surface area contributed by atoms with Gasteiger partial charge in [0.1, 0.15) is 35.6 Å². The summed E-state index contributed by atoms with van der Waals surface area (Å²) < 4.78 is 17.4. The van der Waals surface area contributed by atoms with Crippen molar-refractivity contribution < 1.29 is 33.7 Å². The van der Waals surface area contributed by atoms with Gasteiger partial charge in [-0.2, -0.15) is 0 Å². The summed E-state index contributed by atoms with van der Waals surface area (Å²) >= 11 is 0. The Morgan fingerprint density at radius 3 is 1.85 bits per heavy atom. The van der Waals surface area contributed by atoms with Crippen molar-refractivity contribution in [2.75, 3.05) is 23.8 Å². The summed E-state index contributed by atoms with van der Waals surface area (Å²) in [5.41, 5.74) is 0.580. The second kappa shape index (κ2) is 15.0. The minimum absolute atomic E-state index is 0.353. The standard InChI is InChI=1S/C38H40N2O7/c1-4-45-31-17-11-9-15-28(31)39-36(42)34-30(41)23-38(3,44)35(37(43)40-29-16-10-12-18-32(29)46-5-2)33(34)26-19-21-27(22-20-26)47-24-25-13-7-6-8-14-25/h6-22,33-35,44H,4-5,23-24H2,1-3H3,(H,39,42)(H,40,43). The predicted octanol–water partition coefficient (Wildman–Crippen LogP) is 6.38. The number of rotatable bonds is 12. The summed E-state index contributed by atoms with van der Waals surface area (Å²) in [6.07, 6.45) is -0.391. The zero-order valence-electron chi connectivity index (χ0n) is 26.8. The zero-order valence-corrected chi connectivity index (χ0v) is 26.8. The SMILES string of the molecule is CCOc1ccccc1NC(=O)C1C(=O)CC(C)(O)C(C(=O)Nc2ccccc2OCC)C1c1ccc(OCc2ccccc2)cc1. The normalized spacial score (nSPS) is 20.6. The van der Waals surface area contributed by atoms with Gasteiger partial charge in [0.05, 0.1) is 36.1 Å². The van der Waals surface area contributed by atoms with E-state index in [2.05, 4.69) is 10.6 Å². The molecule has 1 aliphatic rings. The molecule has 0 aliphatic heterocycles. The summed E-state index contributed by atoms with van der Waals surface area (Å²) in [6.45, 7) is 6.26. The Balaban J connectivity index is 1.52. The largest absolute Gasteiger partial charge is 0.492 e. The van der Waals surface area contributed by atoms with Gasteiger partial charge in [0, 0.05) is 12.3 Å². The summed E-state index contributed by atoms with van der Waals surface area (Å²) in [4.78, 5) is 42.1. The van der Waals surface area contributed by atoms with Crippen LogP contribution in [-0.4, -0.2) is 41.5 Å². The molecule has 2 amide bonds. The minimum Gasteiger partial charge on any atom is -0.492 e. The molecule has 1 saturated carbocycles. The van der Waals surface area contributed by atoms with E-state index in [1.165, 1.54) is 6.92 Å². The summed E-state index contributed by atoms with van der Waals surface area (Å²) in [5.74, 6) is -3.63. The molecule has 0 heterocycles. The van der Waals surface area contributed by atoms with Gasteiger partial charge in [0.25, 0.3) is 0 Å². The van der Waals surface area contributed by atoms with Crippen LogP contribution in [0.15, 0.2) is 103 Å². The maximum Gasteiger partial charge on any atom is 0.235 e. The van der Waals surface area contributed by atoms with Crippen LogP contribution in [-0.2, 0) is 21.0 Å². The van der Waals surface area contributed by atoms with Crippen LogP contribution in [0.5, 0.6) is 17.2 Å². The first kappa shape index (κ1) is 33.2. The van der Waals surface area contributed by atoms with E-state index in [4.69, 9.17) is 14.2 Å². The van der Waals surface area contributed by atoms with Crippen molar-refractivity contribution in [2.24, 2.45) is 11.8 Å². The Bertz CT molecular complexity index is 1690. The highest BCUT2D eigenvalue weighted by molar-refractivity contribution is 6.11. The van der Waals surface area contributed by atoms with Crippen molar-refractivity contribution in [3.05, 3.63) is 114 Å². The highest BCUT2D eigenvalue weighted by Gasteiger charge is 2.56. The first-order chi connectivity index (χ1) is 22.7. The van der Waals surface area contributed by atoms with Crippen molar-refractivity contribution in [1.29, 1.82) is 0 Å². The average Bonchev–Trinajstić information content (AvgIpc) is 3.05. The fourth-order valence-corrected chi connectivity index (χ4v) is 6.14. The van der Waals surface area contributed by atoms with Crippen LogP contribution in [0.25, 0.3) is 0 Å². The molecule has 1 fully saturated rings. The Kier molecular flexibility index (Phi) is 10.6. The van der Waals surface area contributed by atoms with E-state index in [1.54, 1.807) is 72.8 Å². The number of amides is 2. The first-order valence-corrected chi connectivity index (χ1v) is 15.8. The third-order valence-corrected chi connectivity index (χ3v) is 8.24. The lowest BCUT2D eigenvalue weighted by atomic mass is 9.61. The number of benzene rings is 4. The number of ether oxygens (including phenoxy) is 3. The molecule has 9 heteroatoms. The highest BCUT2D eigenvalue weighted by Crippen LogP contribution is 2.47. The molecule has 244 valence electrons. The highest BCUT2D eigenvalue weighted by atomic mass is 16.5. The van der Waals surface area contributed by atoms with Gasteiger partial charge in [-0.1, -0.05) is 66.7 Å². The second-order valence-electron chi connectivity index (χ2n) is 11.7. The van der Waals surface area contributed by atoms with Crippen LogP contribution in [0, 0.1) is 11.8 Å². The van der Waals surface area contributed by atoms with Crippen molar-refractivity contribution in [2.45, 2.75) is 45.3 Å². The molecule has 4 aromatic rings. The molecule has 0 aromatic heterocycles. The fraction of sp³-hybridized carbons (Fsp3) is 0.289. The van der Waals surface area contributed by atoms with E-state index in [-0.39, 0.29) is 0 Å². The molecule has 4 aromatic carbocycles. The number of anilines is 2. The molecule has 5 rings (SSSR count). The van der Waals surface area contributed by atoms with Crippen molar-refractivity contribution in [3.8, 4) is 17.2 Å². The van der Waals surface area contributed by atoms with E-state index < -0.39 is 47.4 Å². The number of para-hydroxylation sites is 4. The third kappa shape index (κ3) is 7.81. The predicted molar refractivity (Wildman–Crippen MR) is 180 cm³/mol. The molecule has 0 spiro atoms. The van der Waals surface area contributed by atoms with E-state index in [9.17, 15) is 19.5 Å². The molecule has 4 unspecified atom stereocenters. The monoisotopic (exact) mass is 636 g/mol. The number of Topliss-reactive ketones (excluding diaryl/α,β-unsaturated/α-hetero) is 1. The Hall–Kier alpha value is -5.15. The van der Waals surface area contributed by atoms with Crippen molar-refractivity contribution in [3.63, 3.8) is 0 Å². The Morgan fingerprint density at radius 1 is 0.745 bits per heavy atom. The van der Waals surface area contributed by atoms with E-state index in [0.29, 0.717) is 54.0 Å². The summed E-state index contributed by atoms with van der Waals surface area (Å²) in [6, 6.07) is 30.6. The van der Waals surface area contributed by atoms with Crippen LogP contribution >= 0.6 is 0 Å². The van der Waals surface area contributed by atoms with Gasteiger partial charge in [0.15, 0.2) is 0 Å². The molecule has 0 bridgehead atoms. The molecule has 4 atom stereocenters. The smallest absolute Gasteiger partial charge is 0.235 e. The van der Waals surface area contributed by atoms with Crippen LogP contribution in [0.4, 0.5) is 11.4 Å². The van der Waals surface area contributed by atoms with Crippen molar-refractivity contribution >= 4 is 29.0 Å². The quantitative estimate of drug-likeness (QED) is 0.154. The molecule has 9 nitrogen and oxygen atoms in total. The van der Waals surface area contributed by atoms with Crippen LogP contribution in [0.2, 0.25) is 0 Å². The first-order valence-electron chi connectivity index (χ1n) is 15.8. The number of carbonyl (C=O) groups is 3. The summed E-state index contributed by atoms with van der Waals surface area (Å²) in [7, 11) is 0. The molecule has 47 heavy (non-hydrogen) atoms. The second-order valence-corrected chi connectivity index (χ2v) is 11.7. The number of carbonyl (C=O) groups excluding carboxylic acids is 3. The van der Waals surface area contributed by atoms with Crippen LogP contribution < -0.4 is 24.8 Å². The number of hydrogen-bond acceptors (Lipinski definition) is 7. The molecule has 3 N–H and O–H groups in total. The van der Waals surface area contributed by atoms with E-state index >= 15 is 0 Å². The minimum atomic E-state index is -1.77. The molecular formula is C38H40N2O7. The average molecular weight is 637 g/mol. The maximum atomic E-state index is 14.2. The van der Waals surface area contributed by atoms with Gasteiger partial charge in [-0.15, -0.1) is 0 Å². The zero-order chi connectivity index (χ0) is 33.4. The van der Waals surface area contributed by atoms with Crippen LogP contribution in [0.1, 0.15) is 44.2 Å². The summed E-state index contributed by atoms with van der Waals surface area (Å²) in [5, 5.41) is 17.5.